The van der Waals surface area contributed by atoms with Crippen LogP contribution in [0.5, 0.6) is 11.5 Å². The molecular formula is C14H21NO3. The Morgan fingerprint density at radius 3 is 2.72 bits per heavy atom. The SMILES string of the molecule is CN(CCCCO)Cc1ccc2c(c1)OCCO2. The first-order chi connectivity index (χ1) is 8.79. The molecule has 0 unspecified atom stereocenters. The normalized spacial score (nSPS) is 13.9. The fraction of sp³-hybridized carbons (Fsp3) is 0.571. The van der Waals surface area contributed by atoms with Crippen molar-refractivity contribution < 1.29 is 14.6 Å². The number of aliphatic hydroxyl groups excluding tert-OH is 1. The average Bonchev–Trinajstić information content (AvgIpc) is 2.39. The Bertz CT molecular complexity index is 381. The molecule has 0 saturated heterocycles. The Kier molecular flexibility index (Phi) is 4.84. The van der Waals surface area contributed by atoms with Gasteiger partial charge in [-0.1, -0.05) is 6.07 Å². The molecule has 0 saturated carbocycles. The van der Waals surface area contributed by atoms with Gasteiger partial charge in [-0.25, -0.2) is 0 Å². The minimum Gasteiger partial charge on any atom is -0.486 e. The minimum absolute atomic E-state index is 0.276. The smallest absolute Gasteiger partial charge is 0.161 e. The number of benzene rings is 1. The van der Waals surface area contributed by atoms with Gasteiger partial charge in [-0.15, -0.1) is 0 Å². The largest absolute Gasteiger partial charge is 0.486 e. The van der Waals surface area contributed by atoms with Crippen molar-refractivity contribution in [1.82, 2.24) is 4.90 Å². The van der Waals surface area contributed by atoms with E-state index in [9.17, 15) is 0 Å². The summed E-state index contributed by atoms with van der Waals surface area (Å²) in [6.07, 6.45) is 1.89. The predicted molar refractivity (Wildman–Crippen MR) is 70.1 cm³/mol. The third kappa shape index (κ3) is 3.62. The first-order valence-corrected chi connectivity index (χ1v) is 6.47. The summed E-state index contributed by atoms with van der Waals surface area (Å²) in [5, 5.41) is 8.75. The summed E-state index contributed by atoms with van der Waals surface area (Å²) in [7, 11) is 2.09. The molecule has 0 aliphatic carbocycles. The summed E-state index contributed by atoms with van der Waals surface area (Å²) >= 11 is 0. The molecule has 18 heavy (non-hydrogen) atoms. The van der Waals surface area contributed by atoms with Gasteiger partial charge in [0.25, 0.3) is 0 Å². The Hall–Kier alpha value is -1.26. The molecule has 0 spiro atoms. The van der Waals surface area contributed by atoms with Crippen LogP contribution in [-0.2, 0) is 6.54 Å². The lowest BCUT2D eigenvalue weighted by atomic mass is 10.1. The maximum Gasteiger partial charge on any atom is 0.161 e. The maximum atomic E-state index is 8.75. The van der Waals surface area contributed by atoms with Gasteiger partial charge in [0, 0.05) is 13.2 Å². The summed E-state index contributed by atoms with van der Waals surface area (Å²) in [4.78, 5) is 2.25. The van der Waals surface area contributed by atoms with E-state index in [1.54, 1.807) is 0 Å². The number of hydrogen-bond acceptors (Lipinski definition) is 4. The average molecular weight is 251 g/mol. The molecule has 4 nitrogen and oxygen atoms in total. The molecule has 1 N–H and O–H groups in total. The van der Waals surface area contributed by atoms with E-state index in [1.807, 2.05) is 6.07 Å². The first kappa shape index (κ1) is 13.2. The number of hydrogen-bond donors (Lipinski definition) is 1. The topological polar surface area (TPSA) is 41.9 Å². The lowest BCUT2D eigenvalue weighted by Crippen LogP contribution is -2.20. The summed E-state index contributed by atoms with van der Waals surface area (Å²) in [6.45, 7) is 3.42. The fourth-order valence-corrected chi connectivity index (χ4v) is 2.07. The zero-order chi connectivity index (χ0) is 12.8. The van der Waals surface area contributed by atoms with Crippen molar-refractivity contribution in [3.63, 3.8) is 0 Å². The number of aliphatic hydroxyl groups is 1. The van der Waals surface area contributed by atoms with Crippen molar-refractivity contribution in [1.29, 1.82) is 0 Å². The van der Waals surface area contributed by atoms with Crippen LogP contribution in [0.25, 0.3) is 0 Å². The number of fused-ring (bicyclic) bond motifs is 1. The quantitative estimate of drug-likeness (QED) is 0.781. The zero-order valence-electron chi connectivity index (χ0n) is 10.9. The van der Waals surface area contributed by atoms with Crippen LogP contribution in [0.2, 0.25) is 0 Å². The van der Waals surface area contributed by atoms with E-state index in [4.69, 9.17) is 14.6 Å². The zero-order valence-corrected chi connectivity index (χ0v) is 10.9. The summed E-state index contributed by atoms with van der Waals surface area (Å²) in [6, 6.07) is 6.11. The Morgan fingerprint density at radius 2 is 1.94 bits per heavy atom. The predicted octanol–water partition coefficient (Wildman–Crippen LogP) is 1.66. The van der Waals surface area contributed by atoms with E-state index < -0.39 is 0 Å². The molecule has 1 heterocycles. The number of nitrogens with zero attached hydrogens (tertiary/aromatic N) is 1. The van der Waals surface area contributed by atoms with Gasteiger partial charge in [-0.3, -0.25) is 0 Å². The molecule has 4 heteroatoms. The van der Waals surface area contributed by atoms with E-state index in [1.165, 1.54) is 5.56 Å². The number of ether oxygens (including phenoxy) is 2. The lowest BCUT2D eigenvalue weighted by molar-refractivity contribution is 0.171. The molecular weight excluding hydrogens is 230 g/mol. The second-order valence-corrected chi connectivity index (χ2v) is 4.65. The van der Waals surface area contributed by atoms with Gasteiger partial charge in [-0.05, 0) is 44.1 Å². The van der Waals surface area contributed by atoms with Crippen molar-refractivity contribution in [2.75, 3.05) is 33.4 Å². The van der Waals surface area contributed by atoms with Gasteiger partial charge in [0.1, 0.15) is 13.2 Å². The highest BCUT2D eigenvalue weighted by Gasteiger charge is 2.12. The molecule has 0 fully saturated rings. The minimum atomic E-state index is 0.276. The summed E-state index contributed by atoms with van der Waals surface area (Å²) in [5.74, 6) is 1.69. The fourth-order valence-electron chi connectivity index (χ4n) is 2.07. The second kappa shape index (κ2) is 6.61. The van der Waals surface area contributed by atoms with Crippen LogP contribution in [-0.4, -0.2) is 43.4 Å². The van der Waals surface area contributed by atoms with Crippen molar-refractivity contribution in [2.45, 2.75) is 19.4 Å². The van der Waals surface area contributed by atoms with Crippen LogP contribution in [0.1, 0.15) is 18.4 Å². The van der Waals surface area contributed by atoms with Crippen LogP contribution in [0.4, 0.5) is 0 Å². The van der Waals surface area contributed by atoms with Crippen LogP contribution in [0, 0.1) is 0 Å². The summed E-state index contributed by atoms with van der Waals surface area (Å²) < 4.78 is 11.1. The van der Waals surface area contributed by atoms with E-state index in [-0.39, 0.29) is 6.61 Å². The van der Waals surface area contributed by atoms with Crippen molar-refractivity contribution in [3.05, 3.63) is 23.8 Å². The van der Waals surface area contributed by atoms with Gasteiger partial charge in [0.15, 0.2) is 11.5 Å². The van der Waals surface area contributed by atoms with E-state index in [2.05, 4.69) is 24.1 Å². The van der Waals surface area contributed by atoms with Gasteiger partial charge in [0.2, 0.25) is 0 Å². The highest BCUT2D eigenvalue weighted by atomic mass is 16.6. The number of rotatable bonds is 6. The molecule has 1 aliphatic rings. The lowest BCUT2D eigenvalue weighted by Gasteiger charge is -2.21. The third-order valence-corrected chi connectivity index (χ3v) is 3.01. The highest BCUT2D eigenvalue weighted by molar-refractivity contribution is 5.43. The molecule has 0 aromatic heterocycles. The monoisotopic (exact) mass is 251 g/mol. The Morgan fingerprint density at radius 1 is 1.17 bits per heavy atom. The molecule has 0 bridgehead atoms. The molecule has 0 amide bonds. The molecule has 2 rings (SSSR count). The van der Waals surface area contributed by atoms with Crippen LogP contribution >= 0.6 is 0 Å². The highest BCUT2D eigenvalue weighted by Crippen LogP contribution is 2.30. The molecule has 100 valence electrons. The Labute approximate surface area is 108 Å². The van der Waals surface area contributed by atoms with Crippen molar-refractivity contribution in [2.24, 2.45) is 0 Å². The molecule has 1 aromatic rings. The van der Waals surface area contributed by atoms with Crippen LogP contribution < -0.4 is 9.47 Å². The molecule has 1 aliphatic heterocycles. The molecule has 0 radical (unpaired) electrons. The van der Waals surface area contributed by atoms with E-state index in [0.717, 1.165) is 37.4 Å². The van der Waals surface area contributed by atoms with Crippen LogP contribution in [0.3, 0.4) is 0 Å². The molecule has 1 aromatic carbocycles. The van der Waals surface area contributed by atoms with Gasteiger partial charge in [-0.2, -0.15) is 0 Å². The standard InChI is InChI=1S/C14H21NO3/c1-15(6-2-3-7-16)11-12-4-5-13-14(10-12)18-9-8-17-13/h4-5,10,16H,2-3,6-9,11H2,1H3. The first-order valence-electron chi connectivity index (χ1n) is 6.47. The third-order valence-electron chi connectivity index (χ3n) is 3.01. The van der Waals surface area contributed by atoms with E-state index >= 15 is 0 Å². The van der Waals surface area contributed by atoms with Gasteiger partial charge < -0.3 is 19.5 Å². The summed E-state index contributed by atoms with van der Waals surface area (Å²) in [5.41, 5.74) is 1.23. The van der Waals surface area contributed by atoms with Crippen LogP contribution in [0.15, 0.2) is 18.2 Å². The Balaban J connectivity index is 1.89. The van der Waals surface area contributed by atoms with Crippen molar-refractivity contribution in [3.8, 4) is 11.5 Å². The molecule has 0 atom stereocenters. The van der Waals surface area contributed by atoms with Crippen molar-refractivity contribution >= 4 is 0 Å². The van der Waals surface area contributed by atoms with Gasteiger partial charge >= 0.3 is 0 Å². The second-order valence-electron chi connectivity index (χ2n) is 4.65. The number of unbranched alkanes of at least 4 members (excludes halogenated alkanes) is 1. The maximum absolute atomic E-state index is 8.75. The van der Waals surface area contributed by atoms with E-state index in [0.29, 0.717) is 13.2 Å². The van der Waals surface area contributed by atoms with Gasteiger partial charge in [0.05, 0.1) is 0 Å².